The van der Waals surface area contributed by atoms with Crippen molar-refractivity contribution in [1.82, 2.24) is 0 Å². The summed E-state index contributed by atoms with van der Waals surface area (Å²) in [6, 6.07) is 6.93. The van der Waals surface area contributed by atoms with Gasteiger partial charge in [-0.1, -0.05) is 23.9 Å². The molecule has 0 radical (unpaired) electrons. The SMILES string of the molecule is CC(=O)SCC(O)C(O)c1ccc(C#N)c(C)c1. The number of hydrogen-bond donors (Lipinski definition) is 2. The van der Waals surface area contributed by atoms with E-state index in [2.05, 4.69) is 0 Å². The third-order valence-electron chi connectivity index (χ3n) is 2.53. The van der Waals surface area contributed by atoms with Gasteiger partial charge in [-0.15, -0.1) is 0 Å². The highest BCUT2D eigenvalue weighted by atomic mass is 32.2. The maximum Gasteiger partial charge on any atom is 0.185 e. The molecule has 2 atom stereocenters. The fraction of sp³-hybridized carbons (Fsp3) is 0.385. The largest absolute Gasteiger partial charge is 0.389 e. The predicted molar refractivity (Wildman–Crippen MR) is 70.0 cm³/mol. The minimum Gasteiger partial charge on any atom is -0.389 e. The Bertz CT molecular complexity index is 482. The Morgan fingerprint density at radius 1 is 1.50 bits per heavy atom. The van der Waals surface area contributed by atoms with E-state index in [-0.39, 0.29) is 10.9 Å². The van der Waals surface area contributed by atoms with E-state index < -0.39 is 12.2 Å². The van der Waals surface area contributed by atoms with E-state index in [1.807, 2.05) is 6.07 Å². The first-order valence-electron chi connectivity index (χ1n) is 5.46. The summed E-state index contributed by atoms with van der Waals surface area (Å²) in [6.45, 7) is 3.18. The molecule has 2 unspecified atom stereocenters. The van der Waals surface area contributed by atoms with Gasteiger partial charge < -0.3 is 10.2 Å². The lowest BCUT2D eigenvalue weighted by atomic mass is 10.00. The summed E-state index contributed by atoms with van der Waals surface area (Å²) >= 11 is 0.973. The summed E-state index contributed by atoms with van der Waals surface area (Å²) in [7, 11) is 0. The van der Waals surface area contributed by atoms with Crippen LogP contribution in [-0.2, 0) is 4.79 Å². The molecular formula is C13H15NO3S. The Morgan fingerprint density at radius 2 is 2.17 bits per heavy atom. The molecule has 2 N–H and O–H groups in total. The van der Waals surface area contributed by atoms with E-state index in [9.17, 15) is 15.0 Å². The molecule has 1 aromatic rings. The van der Waals surface area contributed by atoms with Gasteiger partial charge in [0.25, 0.3) is 0 Å². The molecular weight excluding hydrogens is 250 g/mol. The lowest BCUT2D eigenvalue weighted by Crippen LogP contribution is -2.21. The lowest BCUT2D eigenvalue weighted by molar-refractivity contribution is -0.109. The predicted octanol–water partition coefficient (Wildman–Crippen LogP) is 1.54. The molecule has 0 aliphatic heterocycles. The highest BCUT2D eigenvalue weighted by molar-refractivity contribution is 8.13. The minimum atomic E-state index is -1.05. The van der Waals surface area contributed by atoms with Gasteiger partial charge in [-0.05, 0) is 24.1 Å². The molecule has 0 spiro atoms. The molecule has 0 aromatic heterocycles. The van der Waals surface area contributed by atoms with Crippen LogP contribution in [0.5, 0.6) is 0 Å². The number of hydrogen-bond acceptors (Lipinski definition) is 5. The Hall–Kier alpha value is -1.35. The van der Waals surface area contributed by atoms with Crippen molar-refractivity contribution in [2.75, 3.05) is 5.75 Å². The van der Waals surface area contributed by atoms with Gasteiger partial charge in [0.1, 0.15) is 6.10 Å². The van der Waals surface area contributed by atoms with Gasteiger partial charge in [-0.2, -0.15) is 5.26 Å². The Balaban J connectivity index is 2.78. The molecule has 1 aromatic carbocycles. The van der Waals surface area contributed by atoms with Crippen LogP contribution < -0.4 is 0 Å². The summed E-state index contributed by atoms with van der Waals surface area (Å²) < 4.78 is 0. The highest BCUT2D eigenvalue weighted by Crippen LogP contribution is 2.22. The number of benzene rings is 1. The Labute approximate surface area is 110 Å². The van der Waals surface area contributed by atoms with Crippen LogP contribution in [-0.4, -0.2) is 27.2 Å². The van der Waals surface area contributed by atoms with Crippen molar-refractivity contribution < 1.29 is 15.0 Å². The first-order valence-corrected chi connectivity index (χ1v) is 6.44. The zero-order chi connectivity index (χ0) is 13.7. The Kier molecular flexibility index (Phi) is 5.35. The van der Waals surface area contributed by atoms with Gasteiger partial charge in [-0.25, -0.2) is 0 Å². The van der Waals surface area contributed by atoms with Crippen LogP contribution >= 0.6 is 11.8 Å². The van der Waals surface area contributed by atoms with Crippen molar-refractivity contribution in [3.63, 3.8) is 0 Å². The summed E-state index contributed by atoms with van der Waals surface area (Å²) in [6.07, 6.45) is -2.06. The van der Waals surface area contributed by atoms with E-state index in [0.717, 1.165) is 17.3 Å². The molecule has 4 nitrogen and oxygen atoms in total. The zero-order valence-electron chi connectivity index (χ0n) is 10.3. The summed E-state index contributed by atoms with van der Waals surface area (Å²) in [5, 5.41) is 28.4. The molecule has 0 saturated heterocycles. The van der Waals surface area contributed by atoms with Crippen LogP contribution in [0.1, 0.15) is 29.7 Å². The van der Waals surface area contributed by atoms with E-state index in [1.165, 1.54) is 6.92 Å². The van der Waals surface area contributed by atoms with Gasteiger partial charge in [0.15, 0.2) is 5.12 Å². The third-order valence-corrected chi connectivity index (χ3v) is 3.45. The molecule has 0 amide bonds. The lowest BCUT2D eigenvalue weighted by Gasteiger charge is -2.18. The topological polar surface area (TPSA) is 81.3 Å². The average Bonchev–Trinajstić information content (AvgIpc) is 2.34. The van der Waals surface area contributed by atoms with Crippen molar-refractivity contribution in [2.24, 2.45) is 0 Å². The van der Waals surface area contributed by atoms with Gasteiger partial charge >= 0.3 is 0 Å². The van der Waals surface area contributed by atoms with Crippen molar-refractivity contribution in [3.8, 4) is 6.07 Å². The number of thioether (sulfide) groups is 1. The summed E-state index contributed by atoms with van der Waals surface area (Å²) in [5.41, 5.74) is 1.84. The fourth-order valence-corrected chi connectivity index (χ4v) is 2.10. The number of nitrogens with zero attached hydrogens (tertiary/aromatic N) is 1. The molecule has 0 fully saturated rings. The van der Waals surface area contributed by atoms with Crippen LogP contribution in [0.15, 0.2) is 18.2 Å². The van der Waals surface area contributed by atoms with E-state index >= 15 is 0 Å². The average molecular weight is 265 g/mol. The minimum absolute atomic E-state index is 0.0998. The molecule has 18 heavy (non-hydrogen) atoms. The molecule has 0 bridgehead atoms. The highest BCUT2D eigenvalue weighted by Gasteiger charge is 2.19. The number of carbonyl (C=O) groups is 1. The molecule has 0 aliphatic rings. The van der Waals surface area contributed by atoms with E-state index in [0.29, 0.717) is 11.1 Å². The van der Waals surface area contributed by atoms with Crippen LogP contribution in [0.3, 0.4) is 0 Å². The molecule has 0 saturated carbocycles. The van der Waals surface area contributed by atoms with Crippen LogP contribution in [0.25, 0.3) is 0 Å². The third kappa shape index (κ3) is 3.84. The first kappa shape index (κ1) is 14.7. The fourth-order valence-electron chi connectivity index (χ4n) is 1.51. The molecule has 0 heterocycles. The normalized spacial score (nSPS) is 13.7. The van der Waals surface area contributed by atoms with Gasteiger partial charge in [0.05, 0.1) is 17.7 Å². The summed E-state index contributed by atoms with van der Waals surface area (Å²) in [4.78, 5) is 10.8. The quantitative estimate of drug-likeness (QED) is 0.863. The summed E-state index contributed by atoms with van der Waals surface area (Å²) in [5.74, 6) is 0.148. The zero-order valence-corrected chi connectivity index (χ0v) is 11.1. The first-order chi connectivity index (χ1) is 8.45. The number of rotatable bonds is 4. The number of carbonyl (C=O) groups excluding carboxylic acids is 1. The van der Waals surface area contributed by atoms with Crippen molar-refractivity contribution in [3.05, 3.63) is 34.9 Å². The molecule has 5 heteroatoms. The molecule has 1 rings (SSSR count). The van der Waals surface area contributed by atoms with Gasteiger partial charge in [0, 0.05) is 12.7 Å². The second-order valence-corrected chi connectivity index (χ2v) is 5.20. The van der Waals surface area contributed by atoms with Crippen molar-refractivity contribution >= 4 is 16.9 Å². The van der Waals surface area contributed by atoms with Gasteiger partial charge in [0.2, 0.25) is 0 Å². The maximum atomic E-state index is 10.8. The maximum absolute atomic E-state index is 10.8. The number of aliphatic hydroxyl groups is 2. The smallest absolute Gasteiger partial charge is 0.185 e. The number of aryl methyl sites for hydroxylation is 1. The standard InChI is InChI=1S/C13H15NO3S/c1-8-5-10(3-4-11(8)6-14)13(17)12(16)7-18-9(2)15/h3-5,12-13,16-17H,7H2,1-2H3. The van der Waals surface area contributed by atoms with Crippen LogP contribution in [0, 0.1) is 18.3 Å². The van der Waals surface area contributed by atoms with Gasteiger partial charge in [-0.3, -0.25) is 4.79 Å². The van der Waals surface area contributed by atoms with E-state index in [1.54, 1.807) is 25.1 Å². The number of aliphatic hydroxyl groups excluding tert-OH is 2. The monoisotopic (exact) mass is 265 g/mol. The van der Waals surface area contributed by atoms with Crippen LogP contribution in [0.4, 0.5) is 0 Å². The molecule has 96 valence electrons. The second kappa shape index (κ2) is 6.55. The molecule has 0 aliphatic carbocycles. The number of nitriles is 1. The Morgan fingerprint density at radius 3 is 2.67 bits per heavy atom. The second-order valence-electron chi connectivity index (χ2n) is 4.00. The van der Waals surface area contributed by atoms with Crippen LogP contribution in [0.2, 0.25) is 0 Å². The van der Waals surface area contributed by atoms with Crippen molar-refractivity contribution in [2.45, 2.75) is 26.1 Å². The van der Waals surface area contributed by atoms with E-state index in [4.69, 9.17) is 5.26 Å². The van der Waals surface area contributed by atoms with Crippen molar-refractivity contribution in [1.29, 1.82) is 5.26 Å².